The maximum absolute atomic E-state index is 12.0. The molecule has 0 aliphatic carbocycles. The first kappa shape index (κ1) is 14.0. The number of ether oxygens (including phenoxy) is 1. The van der Waals surface area contributed by atoms with Crippen molar-refractivity contribution >= 4 is 32.4 Å². The van der Waals surface area contributed by atoms with E-state index in [2.05, 4.69) is 17.4 Å². The van der Waals surface area contributed by atoms with Crippen LogP contribution in [0.15, 0.2) is 21.9 Å². The highest BCUT2D eigenvalue weighted by atomic mass is 35.7. The molecule has 0 aliphatic heterocycles. The van der Waals surface area contributed by atoms with Crippen molar-refractivity contribution in [3.05, 3.63) is 17.7 Å². The monoisotopic (exact) mass is 299 g/mol. The fraction of sp³-hybridized carbons (Fsp3) is 0.125. The third kappa shape index (κ3) is 3.46. The van der Waals surface area contributed by atoms with Gasteiger partial charge < -0.3 is 4.74 Å². The quantitative estimate of drug-likeness (QED) is 0.687. The van der Waals surface area contributed by atoms with Crippen LogP contribution >= 0.6 is 23.3 Å². The summed E-state index contributed by atoms with van der Waals surface area (Å²) in [5.74, 6) is -0.462. The zero-order valence-electron chi connectivity index (χ0n) is 7.89. The first-order valence-electron chi connectivity index (χ1n) is 3.92. The molecule has 1 aromatic carbocycles. The summed E-state index contributed by atoms with van der Waals surface area (Å²) in [6, 6.07) is 3.24. The van der Waals surface area contributed by atoms with Crippen LogP contribution in [0.5, 0.6) is 5.75 Å². The molecule has 0 aliphatic rings. The van der Waals surface area contributed by atoms with Gasteiger partial charge in [0.25, 0.3) is 9.05 Å². The van der Waals surface area contributed by atoms with Gasteiger partial charge in [0.15, 0.2) is 0 Å². The summed E-state index contributed by atoms with van der Waals surface area (Å²) in [5, 5.41) is 8.67. The fourth-order valence-electron chi connectivity index (χ4n) is 1.03. The van der Waals surface area contributed by atoms with Crippen molar-refractivity contribution in [2.24, 2.45) is 0 Å². The Bertz CT molecular complexity index is 583. The highest BCUT2D eigenvalue weighted by Crippen LogP contribution is 2.31. The van der Waals surface area contributed by atoms with Crippen LogP contribution in [0.4, 0.5) is 8.78 Å². The molecule has 0 radical (unpaired) electrons. The molecule has 0 bridgehead atoms. The third-order valence-corrected chi connectivity index (χ3v) is 3.54. The molecule has 0 saturated carbocycles. The largest absolute Gasteiger partial charge is 0.433 e. The Balaban J connectivity index is 3.42. The van der Waals surface area contributed by atoms with Crippen LogP contribution in [0.2, 0.25) is 0 Å². The van der Waals surface area contributed by atoms with Gasteiger partial charge in [0.2, 0.25) is 0 Å². The smallest absolute Gasteiger partial charge is 0.387 e. The van der Waals surface area contributed by atoms with E-state index in [1.807, 2.05) is 0 Å². The Morgan fingerprint density at radius 1 is 1.47 bits per heavy atom. The molecule has 92 valence electrons. The number of alkyl halides is 2. The van der Waals surface area contributed by atoms with Gasteiger partial charge in [-0.05, 0) is 12.1 Å². The summed E-state index contributed by atoms with van der Waals surface area (Å²) >= 11 is 3.77. The lowest BCUT2D eigenvalue weighted by Gasteiger charge is -2.09. The van der Waals surface area contributed by atoms with Crippen molar-refractivity contribution < 1.29 is 21.9 Å². The fourth-order valence-corrected chi connectivity index (χ4v) is 2.68. The minimum atomic E-state index is -4.11. The predicted molar refractivity (Wildman–Crippen MR) is 58.1 cm³/mol. The number of nitrogens with zero attached hydrogens (tertiary/aromatic N) is 1. The number of nitriles is 1. The normalized spacial score (nSPS) is 11.3. The van der Waals surface area contributed by atoms with E-state index in [1.54, 1.807) is 0 Å². The Morgan fingerprint density at radius 2 is 2.06 bits per heavy atom. The summed E-state index contributed by atoms with van der Waals surface area (Å²) in [5.41, 5.74) is -0.373. The van der Waals surface area contributed by atoms with Gasteiger partial charge in [-0.2, -0.15) is 14.0 Å². The zero-order valence-corrected chi connectivity index (χ0v) is 10.4. The van der Waals surface area contributed by atoms with E-state index in [1.165, 1.54) is 6.07 Å². The number of hydrogen-bond donors (Lipinski definition) is 1. The molecule has 1 aromatic rings. The van der Waals surface area contributed by atoms with Crippen molar-refractivity contribution in [1.29, 1.82) is 5.26 Å². The molecule has 0 fully saturated rings. The molecular weight excluding hydrogens is 296 g/mol. The molecule has 0 N–H and O–H groups in total. The summed E-state index contributed by atoms with van der Waals surface area (Å²) in [6.45, 7) is -3.13. The Labute approximate surface area is 106 Å². The number of hydrogen-bond acceptors (Lipinski definition) is 5. The van der Waals surface area contributed by atoms with E-state index in [9.17, 15) is 17.2 Å². The lowest BCUT2D eigenvalue weighted by Crippen LogP contribution is -2.05. The molecule has 0 amide bonds. The number of halogens is 3. The summed E-state index contributed by atoms with van der Waals surface area (Å²) in [4.78, 5) is -0.629. The van der Waals surface area contributed by atoms with E-state index >= 15 is 0 Å². The highest BCUT2D eigenvalue weighted by molar-refractivity contribution is 8.14. The van der Waals surface area contributed by atoms with Crippen molar-refractivity contribution in [3.63, 3.8) is 0 Å². The Kier molecular flexibility index (Phi) is 4.19. The van der Waals surface area contributed by atoms with Crippen LogP contribution in [0, 0.1) is 11.3 Å². The van der Waals surface area contributed by atoms with E-state index in [-0.39, 0.29) is 10.5 Å². The van der Waals surface area contributed by atoms with E-state index in [0.717, 1.165) is 12.1 Å². The summed E-state index contributed by atoms with van der Waals surface area (Å²) < 4.78 is 50.2. The Morgan fingerprint density at radius 3 is 2.47 bits per heavy atom. The van der Waals surface area contributed by atoms with Gasteiger partial charge in [-0.1, -0.05) is 0 Å². The van der Waals surface area contributed by atoms with Gasteiger partial charge in [0, 0.05) is 15.6 Å². The van der Waals surface area contributed by atoms with Crippen LogP contribution in [0.25, 0.3) is 0 Å². The molecule has 0 saturated heterocycles. The molecule has 9 heteroatoms. The molecular formula is C8H4ClF2NO3S2. The number of benzene rings is 1. The van der Waals surface area contributed by atoms with Gasteiger partial charge >= 0.3 is 6.61 Å². The zero-order chi connectivity index (χ0) is 13.2. The second-order valence-corrected chi connectivity index (χ2v) is 5.76. The Hall–Kier alpha value is -1.04. The van der Waals surface area contributed by atoms with Gasteiger partial charge in [-0.3, -0.25) is 0 Å². The molecule has 0 aromatic heterocycles. The average molecular weight is 300 g/mol. The molecule has 4 nitrogen and oxygen atoms in total. The summed E-state index contributed by atoms with van der Waals surface area (Å²) in [6.07, 6.45) is 0. The van der Waals surface area contributed by atoms with E-state index in [4.69, 9.17) is 15.9 Å². The van der Waals surface area contributed by atoms with Gasteiger partial charge in [0.1, 0.15) is 11.8 Å². The minimum absolute atomic E-state index is 0.186. The SMILES string of the molecule is N#Cc1cc(S(=O)(=O)Cl)c(S)cc1OC(F)F. The lowest BCUT2D eigenvalue weighted by molar-refractivity contribution is -0.0502. The molecule has 0 unspecified atom stereocenters. The molecule has 0 atom stereocenters. The topological polar surface area (TPSA) is 67.2 Å². The maximum atomic E-state index is 12.0. The van der Waals surface area contributed by atoms with Crippen molar-refractivity contribution in [1.82, 2.24) is 0 Å². The second kappa shape index (κ2) is 5.08. The van der Waals surface area contributed by atoms with Gasteiger partial charge in [-0.25, -0.2) is 8.42 Å². The molecule has 0 spiro atoms. The third-order valence-electron chi connectivity index (χ3n) is 1.66. The average Bonchev–Trinajstić information content (AvgIpc) is 2.14. The van der Waals surface area contributed by atoms with E-state index in [0.29, 0.717) is 0 Å². The van der Waals surface area contributed by atoms with Crippen LogP contribution < -0.4 is 4.74 Å². The van der Waals surface area contributed by atoms with Crippen molar-refractivity contribution in [3.8, 4) is 11.8 Å². The van der Waals surface area contributed by atoms with Crippen LogP contribution in [0.3, 0.4) is 0 Å². The van der Waals surface area contributed by atoms with Crippen LogP contribution in [-0.2, 0) is 9.05 Å². The van der Waals surface area contributed by atoms with Crippen molar-refractivity contribution in [2.45, 2.75) is 16.4 Å². The predicted octanol–water partition coefficient (Wildman–Crippen LogP) is 2.38. The van der Waals surface area contributed by atoms with Crippen LogP contribution in [-0.4, -0.2) is 15.0 Å². The van der Waals surface area contributed by atoms with Gasteiger partial charge in [0.05, 0.1) is 10.5 Å². The second-order valence-electron chi connectivity index (χ2n) is 2.74. The molecule has 1 rings (SSSR count). The van der Waals surface area contributed by atoms with Crippen LogP contribution in [0.1, 0.15) is 5.56 Å². The standard InChI is InChI=1S/C8H4ClF2NO3S2/c9-17(13,14)7-1-4(3-12)5(2-6(7)16)15-8(10)11/h1-2,8,16H. The van der Waals surface area contributed by atoms with Crippen molar-refractivity contribution in [2.75, 3.05) is 0 Å². The highest BCUT2D eigenvalue weighted by Gasteiger charge is 2.19. The summed E-state index contributed by atoms with van der Waals surface area (Å²) in [7, 11) is 0.966. The first-order chi connectivity index (χ1) is 7.75. The number of rotatable bonds is 3. The maximum Gasteiger partial charge on any atom is 0.387 e. The van der Waals surface area contributed by atoms with E-state index < -0.39 is 26.3 Å². The van der Waals surface area contributed by atoms with Gasteiger partial charge in [-0.15, -0.1) is 12.6 Å². The lowest BCUT2D eigenvalue weighted by atomic mass is 10.2. The molecule has 0 heterocycles. The minimum Gasteiger partial charge on any atom is -0.433 e. The number of thiol groups is 1. The molecule has 17 heavy (non-hydrogen) atoms. The first-order valence-corrected chi connectivity index (χ1v) is 6.68.